The average Bonchev–Trinajstić information content (AvgIpc) is 2.64. The van der Waals surface area contributed by atoms with Crippen LogP contribution in [-0.4, -0.2) is 29.7 Å². The Bertz CT molecular complexity index is 265. The Labute approximate surface area is 104 Å². The van der Waals surface area contributed by atoms with Crippen LogP contribution >= 0.6 is 0 Å². The van der Waals surface area contributed by atoms with Gasteiger partial charge in [0.05, 0.1) is 5.60 Å². The highest BCUT2D eigenvalue weighted by molar-refractivity contribution is 5.81. The molecule has 0 spiro atoms. The van der Waals surface area contributed by atoms with Crippen molar-refractivity contribution in [3.63, 3.8) is 0 Å². The van der Waals surface area contributed by atoms with Gasteiger partial charge in [-0.2, -0.15) is 0 Å². The minimum Gasteiger partial charge on any atom is -0.361 e. The zero-order chi connectivity index (χ0) is 13.1. The fourth-order valence-electron chi connectivity index (χ4n) is 2.29. The quantitative estimate of drug-likeness (QED) is 0.786. The summed E-state index contributed by atoms with van der Waals surface area (Å²) in [6, 6.07) is 0. The molecular formula is C13H26N2O2. The summed E-state index contributed by atoms with van der Waals surface area (Å²) in [7, 11) is 0. The van der Waals surface area contributed by atoms with E-state index in [4.69, 9.17) is 10.5 Å². The minimum absolute atomic E-state index is 0.0581. The minimum atomic E-state index is -0.434. The molecule has 1 aliphatic carbocycles. The molecule has 0 aromatic heterocycles. The van der Waals surface area contributed by atoms with Crippen molar-refractivity contribution in [2.24, 2.45) is 5.73 Å². The van der Waals surface area contributed by atoms with Crippen LogP contribution in [0.2, 0.25) is 0 Å². The molecule has 3 N–H and O–H groups in total. The van der Waals surface area contributed by atoms with Gasteiger partial charge in [0.25, 0.3) is 0 Å². The number of hydrogen-bond acceptors (Lipinski definition) is 3. The SMILES string of the molecule is CC(OC1(CN)CCCC1)C(=O)NC(C)(C)C. The summed E-state index contributed by atoms with van der Waals surface area (Å²) in [6.07, 6.45) is 3.79. The molecule has 17 heavy (non-hydrogen) atoms. The molecule has 0 saturated heterocycles. The number of nitrogens with two attached hydrogens (primary N) is 1. The van der Waals surface area contributed by atoms with E-state index in [9.17, 15) is 4.79 Å². The van der Waals surface area contributed by atoms with Crippen LogP contribution < -0.4 is 11.1 Å². The maximum absolute atomic E-state index is 11.9. The van der Waals surface area contributed by atoms with Crippen LogP contribution in [0.4, 0.5) is 0 Å². The Balaban J connectivity index is 2.53. The van der Waals surface area contributed by atoms with Gasteiger partial charge in [-0.1, -0.05) is 12.8 Å². The van der Waals surface area contributed by atoms with Crippen molar-refractivity contribution >= 4 is 5.91 Å². The molecule has 0 aromatic rings. The zero-order valence-electron chi connectivity index (χ0n) is 11.5. The second kappa shape index (κ2) is 5.36. The van der Waals surface area contributed by atoms with Crippen molar-refractivity contribution in [3.8, 4) is 0 Å². The van der Waals surface area contributed by atoms with E-state index in [1.807, 2.05) is 20.8 Å². The van der Waals surface area contributed by atoms with Crippen LogP contribution in [0.15, 0.2) is 0 Å². The Kier molecular flexibility index (Phi) is 4.55. The maximum atomic E-state index is 11.9. The average molecular weight is 242 g/mol. The highest BCUT2D eigenvalue weighted by Crippen LogP contribution is 2.33. The lowest BCUT2D eigenvalue weighted by Gasteiger charge is -2.32. The molecule has 0 aromatic carbocycles. The molecule has 1 rings (SSSR count). The number of amides is 1. The van der Waals surface area contributed by atoms with E-state index in [0.717, 1.165) is 25.7 Å². The van der Waals surface area contributed by atoms with Crippen molar-refractivity contribution in [2.45, 2.75) is 70.6 Å². The third-order valence-electron chi connectivity index (χ3n) is 3.18. The number of hydrogen-bond donors (Lipinski definition) is 2. The van der Waals surface area contributed by atoms with Gasteiger partial charge in [-0.3, -0.25) is 4.79 Å². The normalized spacial score (nSPS) is 21.2. The monoisotopic (exact) mass is 242 g/mol. The third-order valence-corrected chi connectivity index (χ3v) is 3.18. The largest absolute Gasteiger partial charge is 0.361 e. The molecule has 100 valence electrons. The molecule has 1 fully saturated rings. The predicted molar refractivity (Wildman–Crippen MR) is 68.7 cm³/mol. The van der Waals surface area contributed by atoms with Crippen molar-refractivity contribution in [2.75, 3.05) is 6.54 Å². The molecule has 0 radical (unpaired) electrons. The molecule has 1 atom stereocenters. The predicted octanol–water partition coefficient (Wildman–Crippen LogP) is 1.58. The number of ether oxygens (including phenoxy) is 1. The van der Waals surface area contributed by atoms with E-state index in [1.54, 1.807) is 6.92 Å². The first-order valence-electron chi connectivity index (χ1n) is 6.48. The Morgan fingerprint density at radius 3 is 2.35 bits per heavy atom. The second-order valence-electron chi connectivity index (χ2n) is 6.09. The van der Waals surface area contributed by atoms with Gasteiger partial charge < -0.3 is 15.8 Å². The van der Waals surface area contributed by atoms with Crippen LogP contribution in [0.3, 0.4) is 0 Å². The molecular weight excluding hydrogens is 216 g/mol. The first kappa shape index (κ1) is 14.5. The van der Waals surface area contributed by atoms with Gasteiger partial charge in [0.15, 0.2) is 0 Å². The van der Waals surface area contributed by atoms with Gasteiger partial charge in [0.2, 0.25) is 5.91 Å². The van der Waals surface area contributed by atoms with Gasteiger partial charge in [-0.25, -0.2) is 0 Å². The Morgan fingerprint density at radius 2 is 1.94 bits per heavy atom. The van der Waals surface area contributed by atoms with Crippen LogP contribution in [0.5, 0.6) is 0 Å². The van der Waals surface area contributed by atoms with Gasteiger partial charge in [-0.05, 0) is 40.5 Å². The van der Waals surface area contributed by atoms with E-state index >= 15 is 0 Å². The van der Waals surface area contributed by atoms with Crippen molar-refractivity contribution in [1.82, 2.24) is 5.32 Å². The van der Waals surface area contributed by atoms with E-state index in [1.165, 1.54) is 0 Å². The van der Waals surface area contributed by atoms with Gasteiger partial charge >= 0.3 is 0 Å². The molecule has 4 heteroatoms. The van der Waals surface area contributed by atoms with Crippen LogP contribution in [0.25, 0.3) is 0 Å². The van der Waals surface area contributed by atoms with Crippen LogP contribution in [-0.2, 0) is 9.53 Å². The molecule has 0 heterocycles. The zero-order valence-corrected chi connectivity index (χ0v) is 11.5. The lowest BCUT2D eigenvalue weighted by atomic mass is 10.0. The number of nitrogens with one attached hydrogen (secondary N) is 1. The first-order valence-corrected chi connectivity index (χ1v) is 6.48. The summed E-state index contributed by atoms with van der Waals surface area (Å²) in [5.74, 6) is -0.0581. The van der Waals surface area contributed by atoms with E-state index < -0.39 is 6.10 Å². The molecule has 1 unspecified atom stereocenters. The first-order chi connectivity index (χ1) is 7.78. The summed E-state index contributed by atoms with van der Waals surface area (Å²) < 4.78 is 5.92. The molecule has 1 amide bonds. The molecule has 4 nitrogen and oxygen atoms in total. The van der Waals surface area contributed by atoms with Crippen LogP contribution in [0.1, 0.15) is 53.4 Å². The molecule has 0 aliphatic heterocycles. The van der Waals surface area contributed by atoms with Gasteiger partial charge in [-0.15, -0.1) is 0 Å². The summed E-state index contributed by atoms with van der Waals surface area (Å²) in [5, 5.41) is 2.93. The maximum Gasteiger partial charge on any atom is 0.249 e. The molecule has 0 bridgehead atoms. The highest BCUT2D eigenvalue weighted by Gasteiger charge is 2.36. The van der Waals surface area contributed by atoms with Gasteiger partial charge in [0.1, 0.15) is 6.10 Å². The van der Waals surface area contributed by atoms with E-state index in [-0.39, 0.29) is 17.0 Å². The molecule has 1 aliphatic rings. The lowest BCUT2D eigenvalue weighted by Crippen LogP contribution is -2.49. The summed E-state index contributed by atoms with van der Waals surface area (Å²) >= 11 is 0. The molecule has 1 saturated carbocycles. The van der Waals surface area contributed by atoms with Gasteiger partial charge in [0, 0.05) is 12.1 Å². The number of carbonyl (C=O) groups excluding carboxylic acids is 1. The Morgan fingerprint density at radius 1 is 1.41 bits per heavy atom. The lowest BCUT2D eigenvalue weighted by molar-refractivity contribution is -0.145. The van der Waals surface area contributed by atoms with E-state index in [2.05, 4.69) is 5.32 Å². The topological polar surface area (TPSA) is 64.3 Å². The highest BCUT2D eigenvalue weighted by atomic mass is 16.5. The number of carbonyl (C=O) groups is 1. The third kappa shape index (κ3) is 4.28. The smallest absolute Gasteiger partial charge is 0.249 e. The standard InChI is InChI=1S/C13H26N2O2/c1-10(11(16)15-12(2,3)4)17-13(9-14)7-5-6-8-13/h10H,5-9,14H2,1-4H3,(H,15,16). The summed E-state index contributed by atoms with van der Waals surface area (Å²) in [5.41, 5.74) is 5.30. The van der Waals surface area contributed by atoms with Crippen molar-refractivity contribution in [1.29, 1.82) is 0 Å². The fourth-order valence-corrected chi connectivity index (χ4v) is 2.29. The summed E-state index contributed by atoms with van der Waals surface area (Å²) in [6.45, 7) is 8.20. The fraction of sp³-hybridized carbons (Fsp3) is 0.923. The Hall–Kier alpha value is -0.610. The van der Waals surface area contributed by atoms with Crippen molar-refractivity contribution in [3.05, 3.63) is 0 Å². The summed E-state index contributed by atoms with van der Waals surface area (Å²) in [4.78, 5) is 11.9. The van der Waals surface area contributed by atoms with Crippen molar-refractivity contribution < 1.29 is 9.53 Å². The number of rotatable bonds is 4. The van der Waals surface area contributed by atoms with Crippen LogP contribution in [0, 0.1) is 0 Å². The van der Waals surface area contributed by atoms with E-state index in [0.29, 0.717) is 6.54 Å². The second-order valence-corrected chi connectivity index (χ2v) is 6.09.